The number of methoxy groups -OCH3 is 2. The van der Waals surface area contributed by atoms with Crippen molar-refractivity contribution in [1.29, 1.82) is 5.26 Å². The third-order valence-corrected chi connectivity index (χ3v) is 5.56. The number of rotatable bonds is 6. The standard InChI is InChI=1S/C18H25N3O2/c1-22-16-4-3-14(11-17(16)23-2)5-8-20-18(12-19)13-21-9-6-15(18)7-10-21/h3-4,11,15,20H,5-10,13H2,1-2H3/p+2/t18-/m1/s1. The molecule has 3 fully saturated rings. The van der Waals surface area contributed by atoms with Crippen molar-refractivity contribution in [2.75, 3.05) is 40.4 Å². The summed E-state index contributed by atoms with van der Waals surface area (Å²) in [4.78, 5) is 1.61. The zero-order valence-electron chi connectivity index (χ0n) is 14.1. The Morgan fingerprint density at radius 3 is 2.57 bits per heavy atom. The van der Waals surface area contributed by atoms with E-state index in [2.05, 4.69) is 17.5 Å². The molecule has 0 saturated carbocycles. The quantitative estimate of drug-likeness (QED) is 0.735. The number of hydrogen-bond donors (Lipinski definition) is 2. The number of quaternary nitrogens is 2. The topological polar surface area (TPSA) is 63.3 Å². The lowest BCUT2D eigenvalue weighted by atomic mass is 9.73. The lowest BCUT2D eigenvalue weighted by Gasteiger charge is -2.44. The fourth-order valence-corrected chi connectivity index (χ4v) is 4.22. The van der Waals surface area contributed by atoms with Crippen LogP contribution in [0, 0.1) is 17.2 Å². The Kier molecular flexibility index (Phi) is 4.74. The molecule has 5 nitrogen and oxygen atoms in total. The molecule has 3 N–H and O–H groups in total. The van der Waals surface area contributed by atoms with Crippen molar-refractivity contribution < 1.29 is 19.7 Å². The van der Waals surface area contributed by atoms with Gasteiger partial charge in [-0.3, -0.25) is 0 Å². The van der Waals surface area contributed by atoms with Crippen molar-refractivity contribution >= 4 is 0 Å². The third kappa shape index (κ3) is 3.15. The van der Waals surface area contributed by atoms with E-state index in [1.54, 1.807) is 19.1 Å². The number of fused-ring (bicyclic) bond motifs is 3. The summed E-state index contributed by atoms with van der Waals surface area (Å²) in [7, 11) is 3.31. The van der Waals surface area contributed by atoms with Crippen LogP contribution < -0.4 is 19.7 Å². The zero-order chi connectivity index (χ0) is 16.3. The second-order valence-corrected chi connectivity index (χ2v) is 6.79. The van der Waals surface area contributed by atoms with Crippen LogP contribution in [-0.4, -0.2) is 45.9 Å². The van der Waals surface area contributed by atoms with Crippen molar-refractivity contribution in [2.24, 2.45) is 5.92 Å². The minimum atomic E-state index is -0.206. The van der Waals surface area contributed by atoms with Crippen LogP contribution >= 0.6 is 0 Å². The van der Waals surface area contributed by atoms with E-state index in [4.69, 9.17) is 9.47 Å². The van der Waals surface area contributed by atoms with Gasteiger partial charge in [0.1, 0.15) is 12.6 Å². The highest BCUT2D eigenvalue weighted by atomic mass is 16.5. The Morgan fingerprint density at radius 1 is 1.26 bits per heavy atom. The molecular weight excluding hydrogens is 290 g/mol. The van der Waals surface area contributed by atoms with E-state index >= 15 is 0 Å². The van der Waals surface area contributed by atoms with Crippen LogP contribution in [-0.2, 0) is 6.42 Å². The number of nitriles is 1. The van der Waals surface area contributed by atoms with E-state index in [-0.39, 0.29) is 5.54 Å². The summed E-state index contributed by atoms with van der Waals surface area (Å²) in [6.07, 6.45) is 3.34. The number of hydrogen-bond acceptors (Lipinski definition) is 3. The fraction of sp³-hybridized carbons (Fsp3) is 0.611. The van der Waals surface area contributed by atoms with E-state index in [1.165, 1.54) is 31.5 Å². The molecule has 23 heavy (non-hydrogen) atoms. The molecule has 0 unspecified atom stereocenters. The SMILES string of the molecule is COc1ccc(CC[NH2+][C@]2(C#N)C[NH+]3CCC2CC3)cc1OC. The summed E-state index contributed by atoms with van der Waals surface area (Å²) in [5.74, 6) is 2.09. The molecule has 2 bridgehead atoms. The van der Waals surface area contributed by atoms with Crippen LogP contribution in [0.2, 0.25) is 0 Å². The minimum Gasteiger partial charge on any atom is -0.493 e. The molecule has 1 atom stereocenters. The van der Waals surface area contributed by atoms with Gasteiger partial charge in [-0.05, 0) is 17.7 Å². The van der Waals surface area contributed by atoms with Gasteiger partial charge in [-0.2, -0.15) is 5.26 Å². The first kappa shape index (κ1) is 16.1. The number of nitrogens with zero attached hydrogens (tertiary/aromatic N) is 1. The Bertz CT molecular complexity index is 590. The Labute approximate surface area is 138 Å². The van der Waals surface area contributed by atoms with Gasteiger partial charge in [-0.1, -0.05) is 6.07 Å². The maximum atomic E-state index is 9.78. The highest BCUT2D eigenvalue weighted by Crippen LogP contribution is 2.28. The first-order valence-corrected chi connectivity index (χ1v) is 8.51. The third-order valence-electron chi connectivity index (χ3n) is 5.56. The van der Waals surface area contributed by atoms with Gasteiger partial charge in [-0.25, -0.2) is 0 Å². The van der Waals surface area contributed by atoms with Crippen molar-refractivity contribution in [3.05, 3.63) is 23.8 Å². The van der Waals surface area contributed by atoms with Gasteiger partial charge in [0.05, 0.1) is 33.9 Å². The Morgan fingerprint density at radius 2 is 2.00 bits per heavy atom. The summed E-state index contributed by atoms with van der Waals surface area (Å²) in [5.41, 5.74) is 1.02. The van der Waals surface area contributed by atoms with Gasteiger partial charge in [0.25, 0.3) is 0 Å². The monoisotopic (exact) mass is 317 g/mol. The van der Waals surface area contributed by atoms with Gasteiger partial charge in [0.15, 0.2) is 11.5 Å². The molecule has 0 aromatic heterocycles. The maximum Gasteiger partial charge on any atom is 0.235 e. The van der Waals surface area contributed by atoms with E-state index in [0.29, 0.717) is 5.92 Å². The first-order valence-electron chi connectivity index (χ1n) is 8.51. The van der Waals surface area contributed by atoms with Gasteiger partial charge in [-0.15, -0.1) is 0 Å². The van der Waals surface area contributed by atoms with Crippen LogP contribution in [0.3, 0.4) is 0 Å². The molecule has 0 aliphatic carbocycles. The molecular formula is C18H27N3O2+2. The van der Waals surface area contributed by atoms with E-state index < -0.39 is 0 Å². The number of nitrogens with two attached hydrogens (primary N) is 1. The van der Waals surface area contributed by atoms with Gasteiger partial charge < -0.3 is 19.7 Å². The average molecular weight is 317 g/mol. The molecule has 1 aromatic carbocycles. The Hall–Kier alpha value is -1.77. The highest BCUT2D eigenvalue weighted by Gasteiger charge is 2.53. The summed E-state index contributed by atoms with van der Waals surface area (Å²) in [6, 6.07) is 8.72. The lowest BCUT2D eigenvalue weighted by Crippen LogP contribution is -3.23. The summed E-state index contributed by atoms with van der Waals surface area (Å²) in [6.45, 7) is 4.43. The van der Waals surface area contributed by atoms with E-state index in [0.717, 1.165) is 31.0 Å². The van der Waals surface area contributed by atoms with Crippen molar-refractivity contribution in [2.45, 2.75) is 24.8 Å². The second-order valence-electron chi connectivity index (χ2n) is 6.79. The van der Waals surface area contributed by atoms with E-state index in [1.807, 2.05) is 12.1 Å². The molecule has 4 rings (SSSR count). The van der Waals surface area contributed by atoms with E-state index in [9.17, 15) is 5.26 Å². The summed E-state index contributed by atoms with van der Waals surface area (Å²) in [5, 5.41) is 12.1. The number of nitrogens with one attached hydrogen (secondary N) is 1. The highest BCUT2D eigenvalue weighted by molar-refractivity contribution is 5.42. The summed E-state index contributed by atoms with van der Waals surface area (Å²) < 4.78 is 10.6. The number of piperidine rings is 3. The normalized spacial score (nSPS) is 29.1. The van der Waals surface area contributed by atoms with Crippen LogP contribution in [0.5, 0.6) is 11.5 Å². The molecule has 0 spiro atoms. The van der Waals surface area contributed by atoms with Gasteiger partial charge >= 0.3 is 0 Å². The van der Waals surface area contributed by atoms with Crippen molar-refractivity contribution in [3.63, 3.8) is 0 Å². The number of benzene rings is 1. The molecule has 0 amide bonds. The molecule has 1 aromatic rings. The molecule has 3 heterocycles. The van der Waals surface area contributed by atoms with Crippen LogP contribution in [0.15, 0.2) is 18.2 Å². The van der Waals surface area contributed by atoms with Crippen LogP contribution in [0.1, 0.15) is 18.4 Å². The first-order chi connectivity index (χ1) is 11.2. The van der Waals surface area contributed by atoms with Gasteiger partial charge in [0.2, 0.25) is 5.54 Å². The molecule has 5 heteroatoms. The molecule has 3 aliphatic heterocycles. The predicted molar refractivity (Wildman–Crippen MR) is 86.7 cm³/mol. The van der Waals surface area contributed by atoms with Crippen molar-refractivity contribution in [3.8, 4) is 17.6 Å². The van der Waals surface area contributed by atoms with Crippen molar-refractivity contribution in [1.82, 2.24) is 0 Å². The molecule has 3 saturated heterocycles. The second kappa shape index (κ2) is 6.77. The van der Waals surface area contributed by atoms with Crippen LogP contribution in [0.25, 0.3) is 0 Å². The van der Waals surface area contributed by atoms with Gasteiger partial charge in [0, 0.05) is 25.2 Å². The minimum absolute atomic E-state index is 0.206. The smallest absolute Gasteiger partial charge is 0.235 e. The number of ether oxygens (including phenoxy) is 2. The Balaban J connectivity index is 1.62. The largest absolute Gasteiger partial charge is 0.493 e. The fourth-order valence-electron chi connectivity index (χ4n) is 4.22. The van der Waals surface area contributed by atoms with Crippen LogP contribution in [0.4, 0.5) is 0 Å². The maximum absolute atomic E-state index is 9.78. The lowest BCUT2D eigenvalue weighted by molar-refractivity contribution is -0.950. The predicted octanol–water partition coefficient (Wildman–Crippen LogP) is -0.619. The molecule has 124 valence electrons. The zero-order valence-corrected chi connectivity index (χ0v) is 14.1. The summed E-state index contributed by atoms with van der Waals surface area (Å²) >= 11 is 0. The molecule has 0 radical (unpaired) electrons. The molecule has 3 aliphatic rings. The average Bonchev–Trinajstić information content (AvgIpc) is 2.62.